The number of hydrogen-bond acceptors (Lipinski definition) is 5. The first-order valence-corrected chi connectivity index (χ1v) is 8.27. The predicted molar refractivity (Wildman–Crippen MR) is 76.8 cm³/mol. The van der Waals surface area contributed by atoms with Gasteiger partial charge in [0.05, 0.1) is 4.92 Å². The van der Waals surface area contributed by atoms with Gasteiger partial charge in [0.25, 0.3) is 5.69 Å². The van der Waals surface area contributed by atoms with Gasteiger partial charge in [-0.3, -0.25) is 10.1 Å². The summed E-state index contributed by atoms with van der Waals surface area (Å²) in [6, 6.07) is 3.60. The molecule has 0 aliphatic carbocycles. The van der Waals surface area contributed by atoms with Gasteiger partial charge in [0.15, 0.2) is 4.90 Å². The van der Waals surface area contributed by atoms with Crippen molar-refractivity contribution in [2.75, 3.05) is 13.1 Å². The van der Waals surface area contributed by atoms with Gasteiger partial charge in [-0.2, -0.15) is 4.31 Å². The molecular formula is C11H14BrN3O4S. The minimum absolute atomic E-state index is 0.209. The molecule has 0 radical (unpaired) electrons. The Balaban J connectivity index is 2.54. The Morgan fingerprint density at radius 2 is 2.20 bits per heavy atom. The minimum atomic E-state index is -3.92. The molecule has 0 saturated carbocycles. The molecule has 1 aromatic carbocycles. The van der Waals surface area contributed by atoms with E-state index in [0.717, 1.165) is 0 Å². The fourth-order valence-corrected chi connectivity index (χ4v) is 4.73. The summed E-state index contributed by atoms with van der Waals surface area (Å²) in [5.41, 5.74) is 5.16. The third-order valence-electron chi connectivity index (χ3n) is 3.30. The third kappa shape index (κ3) is 2.71. The highest BCUT2D eigenvalue weighted by molar-refractivity contribution is 9.10. The molecule has 1 atom stereocenters. The van der Waals surface area contributed by atoms with E-state index in [1.807, 2.05) is 0 Å². The second-order valence-corrected chi connectivity index (χ2v) is 7.29. The Morgan fingerprint density at radius 1 is 1.50 bits per heavy atom. The summed E-state index contributed by atoms with van der Waals surface area (Å²) in [5, 5.41) is 11.0. The normalized spacial score (nSPS) is 20.2. The lowest BCUT2D eigenvalue weighted by Gasteiger charge is -2.22. The molecule has 1 saturated heterocycles. The number of benzene rings is 1. The highest BCUT2D eigenvalue weighted by Crippen LogP contribution is 2.32. The maximum atomic E-state index is 12.6. The lowest BCUT2D eigenvalue weighted by molar-refractivity contribution is -0.387. The number of nitrogens with zero attached hydrogens (tertiary/aromatic N) is 2. The summed E-state index contributed by atoms with van der Waals surface area (Å²) in [7, 11) is -3.92. The molecule has 0 bridgehead atoms. The standard InChI is InChI=1S/C11H14BrN3O4S/c12-8-3-4-10(15(16)17)11(6-8)20(18,19)14-5-1-2-9(14)7-13/h3-4,6,9H,1-2,5,7,13H2. The third-order valence-corrected chi connectivity index (χ3v) is 5.77. The first-order chi connectivity index (χ1) is 9.37. The van der Waals surface area contributed by atoms with E-state index >= 15 is 0 Å². The monoisotopic (exact) mass is 363 g/mol. The van der Waals surface area contributed by atoms with Crippen LogP contribution in [-0.2, 0) is 10.0 Å². The van der Waals surface area contributed by atoms with E-state index in [-0.39, 0.29) is 17.5 Å². The molecule has 20 heavy (non-hydrogen) atoms. The first kappa shape index (κ1) is 15.4. The van der Waals surface area contributed by atoms with Gasteiger partial charge in [-0.1, -0.05) is 15.9 Å². The molecule has 1 aromatic rings. The van der Waals surface area contributed by atoms with Crippen molar-refractivity contribution in [2.45, 2.75) is 23.8 Å². The van der Waals surface area contributed by atoms with Gasteiger partial charge < -0.3 is 5.73 Å². The first-order valence-electron chi connectivity index (χ1n) is 6.03. The van der Waals surface area contributed by atoms with E-state index in [2.05, 4.69) is 15.9 Å². The number of rotatable bonds is 4. The van der Waals surface area contributed by atoms with E-state index < -0.39 is 20.6 Å². The molecule has 1 aliphatic heterocycles. The van der Waals surface area contributed by atoms with Crippen LogP contribution in [0.3, 0.4) is 0 Å². The fraction of sp³-hybridized carbons (Fsp3) is 0.455. The number of nitro groups is 1. The van der Waals surface area contributed by atoms with E-state index in [4.69, 9.17) is 5.73 Å². The molecule has 7 nitrogen and oxygen atoms in total. The van der Waals surface area contributed by atoms with Gasteiger partial charge in [-0.05, 0) is 25.0 Å². The molecule has 0 spiro atoms. The molecule has 0 amide bonds. The summed E-state index contributed by atoms with van der Waals surface area (Å²) in [6.45, 7) is 0.550. The van der Waals surface area contributed by atoms with Crippen molar-refractivity contribution in [3.8, 4) is 0 Å². The summed E-state index contributed by atoms with van der Waals surface area (Å²) in [4.78, 5) is 10.0. The number of nitrogens with two attached hydrogens (primary N) is 1. The van der Waals surface area contributed by atoms with E-state index in [1.165, 1.54) is 22.5 Å². The average Bonchev–Trinajstić information content (AvgIpc) is 2.87. The smallest absolute Gasteiger partial charge is 0.289 e. The zero-order valence-corrected chi connectivity index (χ0v) is 12.9. The van der Waals surface area contributed by atoms with Crippen LogP contribution >= 0.6 is 15.9 Å². The Bertz CT molecular complexity index is 635. The van der Waals surface area contributed by atoms with Crippen LogP contribution in [0.4, 0.5) is 5.69 Å². The highest BCUT2D eigenvalue weighted by Gasteiger charge is 2.38. The lowest BCUT2D eigenvalue weighted by atomic mass is 10.2. The van der Waals surface area contributed by atoms with Crippen LogP contribution in [0.2, 0.25) is 0 Å². The molecule has 1 fully saturated rings. The largest absolute Gasteiger partial charge is 0.329 e. The Hall–Kier alpha value is -1.03. The summed E-state index contributed by atoms with van der Waals surface area (Å²) < 4.78 is 27.0. The van der Waals surface area contributed by atoms with Gasteiger partial charge in [0, 0.05) is 29.7 Å². The number of halogens is 1. The van der Waals surface area contributed by atoms with Crippen LogP contribution in [0.25, 0.3) is 0 Å². The lowest BCUT2D eigenvalue weighted by Crippen LogP contribution is -2.40. The molecule has 110 valence electrons. The topological polar surface area (TPSA) is 107 Å². The quantitative estimate of drug-likeness (QED) is 0.643. The van der Waals surface area contributed by atoms with Gasteiger partial charge in [0.1, 0.15) is 0 Å². The van der Waals surface area contributed by atoms with Crippen LogP contribution in [-0.4, -0.2) is 36.8 Å². The van der Waals surface area contributed by atoms with Gasteiger partial charge in [-0.15, -0.1) is 0 Å². The van der Waals surface area contributed by atoms with E-state index in [1.54, 1.807) is 0 Å². The van der Waals surface area contributed by atoms with Crippen molar-refractivity contribution >= 4 is 31.6 Å². The van der Waals surface area contributed by atoms with Crippen molar-refractivity contribution < 1.29 is 13.3 Å². The number of nitro benzene ring substituents is 1. The highest BCUT2D eigenvalue weighted by atomic mass is 79.9. The molecule has 0 aromatic heterocycles. The SMILES string of the molecule is NCC1CCCN1S(=O)(=O)c1cc(Br)ccc1[N+](=O)[O-]. The van der Waals surface area contributed by atoms with Crippen molar-refractivity contribution in [3.63, 3.8) is 0 Å². The Morgan fingerprint density at radius 3 is 2.80 bits per heavy atom. The molecule has 1 unspecified atom stereocenters. The zero-order chi connectivity index (χ0) is 14.9. The average molecular weight is 364 g/mol. The Labute approximate surface area is 125 Å². The predicted octanol–water partition coefficient (Wildman–Crippen LogP) is 1.47. The molecule has 1 heterocycles. The van der Waals surface area contributed by atoms with Gasteiger partial charge in [0.2, 0.25) is 10.0 Å². The van der Waals surface area contributed by atoms with Crippen LogP contribution in [0.1, 0.15) is 12.8 Å². The molecule has 2 N–H and O–H groups in total. The maximum absolute atomic E-state index is 12.6. The fourth-order valence-electron chi connectivity index (χ4n) is 2.33. The summed E-state index contributed by atoms with van der Waals surface area (Å²) in [5.74, 6) is 0. The van der Waals surface area contributed by atoms with Crippen LogP contribution in [0, 0.1) is 10.1 Å². The maximum Gasteiger partial charge on any atom is 0.289 e. The Kier molecular flexibility index (Phi) is 4.43. The van der Waals surface area contributed by atoms with E-state index in [9.17, 15) is 18.5 Å². The van der Waals surface area contributed by atoms with Crippen LogP contribution < -0.4 is 5.73 Å². The second kappa shape index (κ2) is 5.76. The number of sulfonamides is 1. The summed E-state index contributed by atoms with van der Waals surface area (Å²) >= 11 is 3.15. The van der Waals surface area contributed by atoms with Gasteiger partial charge >= 0.3 is 0 Å². The van der Waals surface area contributed by atoms with Crippen molar-refractivity contribution in [1.29, 1.82) is 0 Å². The molecule has 9 heteroatoms. The second-order valence-electron chi connectivity index (χ2n) is 4.52. The molecular weight excluding hydrogens is 350 g/mol. The molecule has 1 aliphatic rings. The number of hydrogen-bond donors (Lipinski definition) is 1. The summed E-state index contributed by atoms with van der Waals surface area (Å²) in [6.07, 6.45) is 1.39. The van der Waals surface area contributed by atoms with E-state index in [0.29, 0.717) is 23.9 Å². The minimum Gasteiger partial charge on any atom is -0.329 e. The van der Waals surface area contributed by atoms with Crippen molar-refractivity contribution in [1.82, 2.24) is 4.31 Å². The van der Waals surface area contributed by atoms with Crippen LogP contribution in [0.5, 0.6) is 0 Å². The van der Waals surface area contributed by atoms with Gasteiger partial charge in [-0.25, -0.2) is 8.42 Å². The van der Waals surface area contributed by atoms with Crippen molar-refractivity contribution in [2.24, 2.45) is 5.73 Å². The van der Waals surface area contributed by atoms with Crippen molar-refractivity contribution in [3.05, 3.63) is 32.8 Å². The van der Waals surface area contributed by atoms with Crippen LogP contribution in [0.15, 0.2) is 27.6 Å². The zero-order valence-electron chi connectivity index (χ0n) is 10.5. The molecule has 2 rings (SSSR count).